The molecule has 0 aliphatic carbocycles. The van der Waals surface area contributed by atoms with Crippen molar-refractivity contribution in [1.29, 1.82) is 0 Å². The van der Waals surface area contributed by atoms with Gasteiger partial charge in [-0.2, -0.15) is 0 Å². The van der Waals surface area contributed by atoms with E-state index in [-0.39, 0.29) is 0 Å². The van der Waals surface area contributed by atoms with Crippen molar-refractivity contribution >= 4 is 28.2 Å². The maximum Gasteiger partial charge on any atom is 0.165 e. The molecule has 2 fully saturated rings. The van der Waals surface area contributed by atoms with Crippen LogP contribution in [0.3, 0.4) is 0 Å². The smallest absolute Gasteiger partial charge is 0.165 e. The number of hydrogen-bond acceptors (Lipinski definition) is 8. The molecule has 0 amide bonds. The van der Waals surface area contributed by atoms with Crippen LogP contribution in [0.15, 0.2) is 49.2 Å². The lowest BCUT2D eigenvalue weighted by Gasteiger charge is -2.29. The van der Waals surface area contributed by atoms with E-state index >= 15 is 0 Å². The fourth-order valence-electron chi connectivity index (χ4n) is 4.46. The van der Waals surface area contributed by atoms with Crippen LogP contribution in [0.5, 0.6) is 5.75 Å². The Hall–Kier alpha value is -3.79. The molecule has 31 heavy (non-hydrogen) atoms. The van der Waals surface area contributed by atoms with Gasteiger partial charge in [0.15, 0.2) is 17.4 Å². The lowest BCUT2D eigenvalue weighted by Crippen LogP contribution is -2.43. The number of hydrogen-bond donors (Lipinski definition) is 3. The number of piperazine rings is 1. The summed E-state index contributed by atoms with van der Waals surface area (Å²) < 4.78 is 15.8. The van der Waals surface area contributed by atoms with Crippen molar-refractivity contribution in [2.75, 3.05) is 23.3 Å². The summed E-state index contributed by atoms with van der Waals surface area (Å²) in [6.07, 6.45) is 9.37. The second-order valence-electron chi connectivity index (χ2n) is 7.85. The van der Waals surface area contributed by atoms with Gasteiger partial charge in [-0.1, -0.05) is 0 Å². The number of aromatic hydroxyl groups is 1. The van der Waals surface area contributed by atoms with Crippen molar-refractivity contribution in [3.63, 3.8) is 0 Å². The van der Waals surface area contributed by atoms with Gasteiger partial charge in [-0.3, -0.25) is 9.97 Å². The van der Waals surface area contributed by atoms with Gasteiger partial charge in [0, 0.05) is 49.0 Å². The standard InChI is InChI=1S/C21H19FN8O/c22-17-5-16-18(6-19(17)31)30(28-21(16)27-20-10-23-1-2-25-20)15-4-14(7-24-8-15)29-11-12-3-13(29)9-26-12/h1-2,4-8,10,12-13,26,31H,3,9,11H2,(H,25,27,28)/t12-,13-/m0/s1. The molecule has 0 spiro atoms. The number of phenolic OH excluding ortho intramolecular Hbond substituents is 1. The van der Waals surface area contributed by atoms with Gasteiger partial charge in [0.2, 0.25) is 0 Å². The third kappa shape index (κ3) is 3.03. The minimum atomic E-state index is -0.721. The molecule has 156 valence electrons. The van der Waals surface area contributed by atoms with Crippen LogP contribution >= 0.6 is 0 Å². The number of nitrogens with one attached hydrogen (secondary N) is 2. The van der Waals surface area contributed by atoms with Gasteiger partial charge < -0.3 is 20.6 Å². The summed E-state index contributed by atoms with van der Waals surface area (Å²) in [6, 6.07) is 5.63. The molecule has 2 aliphatic heterocycles. The zero-order valence-corrected chi connectivity index (χ0v) is 16.4. The predicted molar refractivity (Wildman–Crippen MR) is 113 cm³/mol. The highest BCUT2D eigenvalue weighted by molar-refractivity contribution is 5.93. The molecule has 0 saturated carbocycles. The number of anilines is 3. The molecule has 0 unspecified atom stereocenters. The van der Waals surface area contributed by atoms with E-state index < -0.39 is 11.6 Å². The normalized spacial score (nSPS) is 20.0. The SMILES string of the molecule is Oc1cc2c(cc1F)c(Nc1cnccn1)nn2-c1cncc(N2C[C@@H]3C[C@H]2CN3)c1. The fourth-order valence-corrected chi connectivity index (χ4v) is 4.46. The van der Waals surface area contributed by atoms with Crippen molar-refractivity contribution in [3.8, 4) is 11.4 Å². The Bertz CT molecular complexity index is 1280. The average Bonchev–Trinajstić information content (AvgIpc) is 3.51. The van der Waals surface area contributed by atoms with Gasteiger partial charge in [-0.15, -0.1) is 5.10 Å². The Kier molecular flexibility index (Phi) is 4.00. The number of phenols is 1. The summed E-state index contributed by atoms with van der Waals surface area (Å²) in [4.78, 5) is 15.0. The van der Waals surface area contributed by atoms with Crippen molar-refractivity contribution in [2.45, 2.75) is 18.5 Å². The molecule has 9 nitrogen and oxygen atoms in total. The molecule has 2 saturated heterocycles. The van der Waals surface area contributed by atoms with Crippen molar-refractivity contribution < 1.29 is 9.50 Å². The van der Waals surface area contributed by atoms with E-state index in [0.29, 0.717) is 34.6 Å². The Balaban J connectivity index is 1.45. The first kappa shape index (κ1) is 18.0. The largest absolute Gasteiger partial charge is 0.505 e. The molecule has 2 aliphatic rings. The molecule has 2 atom stereocenters. The molecule has 0 radical (unpaired) electrons. The van der Waals surface area contributed by atoms with E-state index in [9.17, 15) is 9.50 Å². The summed E-state index contributed by atoms with van der Waals surface area (Å²) in [5, 5.41) is 21.7. The summed E-state index contributed by atoms with van der Waals surface area (Å²) >= 11 is 0. The first-order valence-electron chi connectivity index (χ1n) is 10.1. The van der Waals surface area contributed by atoms with Crippen LogP contribution in [0.4, 0.5) is 21.7 Å². The van der Waals surface area contributed by atoms with E-state index in [0.717, 1.165) is 30.9 Å². The maximum atomic E-state index is 14.2. The van der Waals surface area contributed by atoms with Crippen LogP contribution in [0, 0.1) is 5.82 Å². The zero-order valence-electron chi connectivity index (χ0n) is 16.4. The number of aromatic nitrogens is 5. The molecule has 2 bridgehead atoms. The van der Waals surface area contributed by atoms with E-state index in [1.807, 2.05) is 12.3 Å². The average molecular weight is 418 g/mol. The number of benzene rings is 1. The predicted octanol–water partition coefficient (Wildman–Crippen LogP) is 2.35. The number of nitrogens with zero attached hydrogens (tertiary/aromatic N) is 6. The molecule has 10 heteroatoms. The minimum absolute atomic E-state index is 0.407. The summed E-state index contributed by atoms with van der Waals surface area (Å²) in [6.45, 7) is 1.92. The Labute approximate surface area is 176 Å². The van der Waals surface area contributed by atoms with Crippen molar-refractivity contribution in [1.82, 2.24) is 30.0 Å². The number of rotatable bonds is 4. The number of fused-ring (bicyclic) bond motifs is 3. The highest BCUT2D eigenvalue weighted by Gasteiger charge is 2.37. The van der Waals surface area contributed by atoms with E-state index in [4.69, 9.17) is 0 Å². The molecular formula is C21H19FN8O. The Morgan fingerprint density at radius 3 is 2.77 bits per heavy atom. The van der Waals surface area contributed by atoms with Crippen LogP contribution in [0.2, 0.25) is 0 Å². The second-order valence-corrected chi connectivity index (χ2v) is 7.85. The molecule has 5 heterocycles. The molecule has 6 rings (SSSR count). The van der Waals surface area contributed by atoms with E-state index in [1.165, 1.54) is 12.1 Å². The van der Waals surface area contributed by atoms with Gasteiger partial charge in [0.1, 0.15) is 5.82 Å². The molecule has 4 aromatic rings. The zero-order chi connectivity index (χ0) is 20.9. The third-order valence-electron chi connectivity index (χ3n) is 5.90. The van der Waals surface area contributed by atoms with Crippen LogP contribution in [-0.2, 0) is 0 Å². The molecule has 1 aromatic carbocycles. The minimum Gasteiger partial charge on any atom is -0.505 e. The van der Waals surface area contributed by atoms with Gasteiger partial charge in [-0.05, 0) is 18.6 Å². The second kappa shape index (κ2) is 6.88. The highest BCUT2D eigenvalue weighted by atomic mass is 19.1. The third-order valence-corrected chi connectivity index (χ3v) is 5.90. The number of halogens is 1. The van der Waals surface area contributed by atoms with Crippen LogP contribution in [0.1, 0.15) is 6.42 Å². The van der Waals surface area contributed by atoms with Gasteiger partial charge in [-0.25, -0.2) is 14.1 Å². The lowest BCUT2D eigenvalue weighted by molar-refractivity contribution is 0.433. The Morgan fingerprint density at radius 1 is 1.10 bits per heavy atom. The van der Waals surface area contributed by atoms with Crippen LogP contribution < -0.4 is 15.5 Å². The Morgan fingerprint density at radius 2 is 2.00 bits per heavy atom. The lowest BCUT2D eigenvalue weighted by atomic mass is 10.2. The van der Waals surface area contributed by atoms with Gasteiger partial charge in [0.05, 0.1) is 35.5 Å². The maximum absolute atomic E-state index is 14.2. The summed E-state index contributed by atoms with van der Waals surface area (Å²) in [7, 11) is 0. The fraction of sp³-hybridized carbons (Fsp3) is 0.238. The van der Waals surface area contributed by atoms with Crippen LogP contribution in [-0.4, -0.2) is 55.0 Å². The summed E-state index contributed by atoms with van der Waals surface area (Å²) in [5.41, 5.74) is 2.29. The topological polar surface area (TPSA) is 104 Å². The molecule has 3 N–H and O–H groups in total. The summed E-state index contributed by atoms with van der Waals surface area (Å²) in [5.74, 6) is -0.271. The first-order chi connectivity index (χ1) is 15.2. The number of pyridine rings is 1. The highest BCUT2D eigenvalue weighted by Crippen LogP contribution is 2.34. The monoisotopic (exact) mass is 418 g/mol. The van der Waals surface area contributed by atoms with Crippen molar-refractivity contribution in [3.05, 3.63) is 55.0 Å². The van der Waals surface area contributed by atoms with Crippen molar-refractivity contribution in [2.24, 2.45) is 0 Å². The molecule has 3 aromatic heterocycles. The first-order valence-corrected chi connectivity index (χ1v) is 10.1. The van der Waals surface area contributed by atoms with Crippen LogP contribution in [0.25, 0.3) is 16.6 Å². The van der Waals surface area contributed by atoms with E-state index in [1.54, 1.807) is 29.5 Å². The van der Waals surface area contributed by atoms with E-state index in [2.05, 4.69) is 35.6 Å². The molecular weight excluding hydrogens is 399 g/mol. The quantitative estimate of drug-likeness (QED) is 0.464. The van der Waals surface area contributed by atoms with Gasteiger partial charge in [0.25, 0.3) is 0 Å². The van der Waals surface area contributed by atoms with Gasteiger partial charge >= 0.3 is 0 Å².